The lowest BCUT2D eigenvalue weighted by Crippen LogP contribution is -2.43. The van der Waals surface area contributed by atoms with Crippen LogP contribution in [0.1, 0.15) is 30.6 Å². The van der Waals surface area contributed by atoms with E-state index in [2.05, 4.69) is 10.1 Å². The largest absolute Gasteiger partial charge is 0.497 e. The standard InChI is InChI=1S/C20H26N4O4/c1-14-21-19(22-28-14)9-11-24(15(2)25)17-8-10-23(13-17)20(26)12-16-4-6-18(27-3)7-5-16/h4-7,17H,8-13H2,1-3H3. The van der Waals surface area contributed by atoms with E-state index < -0.39 is 0 Å². The minimum atomic E-state index is -0.00493. The molecule has 1 saturated heterocycles. The number of amides is 2. The molecule has 3 rings (SSSR count). The fourth-order valence-electron chi connectivity index (χ4n) is 3.51. The van der Waals surface area contributed by atoms with Gasteiger partial charge in [0, 0.05) is 39.9 Å². The number of carbonyl (C=O) groups is 2. The van der Waals surface area contributed by atoms with Gasteiger partial charge in [-0.15, -0.1) is 0 Å². The highest BCUT2D eigenvalue weighted by atomic mass is 16.5. The highest BCUT2D eigenvalue weighted by Crippen LogP contribution is 2.19. The van der Waals surface area contributed by atoms with E-state index in [0.29, 0.717) is 44.2 Å². The summed E-state index contributed by atoms with van der Waals surface area (Å²) in [6, 6.07) is 7.53. The number of nitrogens with zero attached hydrogens (tertiary/aromatic N) is 4. The average molecular weight is 386 g/mol. The van der Waals surface area contributed by atoms with Gasteiger partial charge >= 0.3 is 0 Å². The van der Waals surface area contributed by atoms with Crippen LogP contribution >= 0.6 is 0 Å². The highest BCUT2D eigenvalue weighted by molar-refractivity contribution is 5.79. The molecule has 0 bridgehead atoms. The summed E-state index contributed by atoms with van der Waals surface area (Å²) < 4.78 is 10.1. The van der Waals surface area contributed by atoms with Crippen LogP contribution in [0.25, 0.3) is 0 Å². The fourth-order valence-corrected chi connectivity index (χ4v) is 3.51. The lowest BCUT2D eigenvalue weighted by atomic mass is 10.1. The van der Waals surface area contributed by atoms with Crippen molar-refractivity contribution in [1.29, 1.82) is 0 Å². The van der Waals surface area contributed by atoms with Crippen molar-refractivity contribution in [2.75, 3.05) is 26.7 Å². The van der Waals surface area contributed by atoms with Crippen molar-refractivity contribution in [2.24, 2.45) is 0 Å². The van der Waals surface area contributed by atoms with Gasteiger partial charge in [-0.25, -0.2) is 0 Å². The Morgan fingerprint density at radius 3 is 2.68 bits per heavy atom. The number of ether oxygens (including phenoxy) is 1. The summed E-state index contributed by atoms with van der Waals surface area (Å²) in [6.45, 7) is 5.02. The second-order valence-electron chi connectivity index (χ2n) is 7.00. The van der Waals surface area contributed by atoms with Crippen molar-refractivity contribution < 1.29 is 18.8 Å². The smallest absolute Gasteiger partial charge is 0.227 e. The molecule has 2 heterocycles. The van der Waals surface area contributed by atoms with Crippen LogP contribution in [0, 0.1) is 6.92 Å². The van der Waals surface area contributed by atoms with Gasteiger partial charge in [0.15, 0.2) is 5.82 Å². The second-order valence-corrected chi connectivity index (χ2v) is 7.00. The number of aryl methyl sites for hydroxylation is 1. The first-order valence-corrected chi connectivity index (χ1v) is 9.43. The topological polar surface area (TPSA) is 88.8 Å². The Bertz CT molecular complexity index is 818. The zero-order chi connectivity index (χ0) is 20.1. The second kappa shape index (κ2) is 8.86. The van der Waals surface area contributed by atoms with Crippen molar-refractivity contribution in [1.82, 2.24) is 19.9 Å². The molecular formula is C20H26N4O4. The van der Waals surface area contributed by atoms with E-state index in [4.69, 9.17) is 9.26 Å². The van der Waals surface area contributed by atoms with Gasteiger partial charge in [0.1, 0.15) is 5.75 Å². The van der Waals surface area contributed by atoms with E-state index >= 15 is 0 Å². The van der Waals surface area contributed by atoms with Gasteiger partial charge < -0.3 is 19.1 Å². The van der Waals surface area contributed by atoms with E-state index in [-0.39, 0.29) is 17.9 Å². The maximum absolute atomic E-state index is 12.6. The molecule has 1 aromatic carbocycles. The van der Waals surface area contributed by atoms with Gasteiger partial charge in [-0.05, 0) is 24.1 Å². The van der Waals surface area contributed by atoms with E-state index in [1.807, 2.05) is 34.1 Å². The molecule has 1 aromatic heterocycles. The van der Waals surface area contributed by atoms with Gasteiger partial charge in [-0.2, -0.15) is 4.98 Å². The molecule has 28 heavy (non-hydrogen) atoms. The Hall–Kier alpha value is -2.90. The number of methoxy groups -OCH3 is 1. The molecule has 0 radical (unpaired) electrons. The summed E-state index contributed by atoms with van der Waals surface area (Å²) in [5.74, 6) is 1.95. The lowest BCUT2D eigenvalue weighted by Gasteiger charge is -2.27. The van der Waals surface area contributed by atoms with Crippen molar-refractivity contribution >= 4 is 11.8 Å². The zero-order valence-electron chi connectivity index (χ0n) is 16.6. The van der Waals surface area contributed by atoms with Crippen LogP contribution in [0.2, 0.25) is 0 Å². The minimum absolute atomic E-state index is 0.00493. The number of aromatic nitrogens is 2. The van der Waals surface area contributed by atoms with Crippen LogP contribution in [-0.4, -0.2) is 64.5 Å². The third kappa shape index (κ3) is 4.88. The van der Waals surface area contributed by atoms with Crippen molar-refractivity contribution in [3.8, 4) is 5.75 Å². The normalized spacial score (nSPS) is 16.2. The molecule has 8 nitrogen and oxygen atoms in total. The van der Waals surface area contributed by atoms with Crippen LogP contribution in [0.15, 0.2) is 28.8 Å². The molecule has 1 aliphatic heterocycles. The molecule has 8 heteroatoms. The highest BCUT2D eigenvalue weighted by Gasteiger charge is 2.31. The molecule has 1 atom stereocenters. The summed E-state index contributed by atoms with van der Waals surface area (Å²) in [5.41, 5.74) is 0.949. The van der Waals surface area contributed by atoms with Gasteiger partial charge in [0.05, 0.1) is 19.6 Å². The van der Waals surface area contributed by atoms with E-state index in [0.717, 1.165) is 17.7 Å². The Morgan fingerprint density at radius 2 is 2.07 bits per heavy atom. The predicted molar refractivity (Wildman–Crippen MR) is 102 cm³/mol. The first-order valence-electron chi connectivity index (χ1n) is 9.43. The molecule has 2 aromatic rings. The van der Waals surface area contributed by atoms with Crippen LogP contribution in [0.4, 0.5) is 0 Å². The zero-order valence-corrected chi connectivity index (χ0v) is 16.6. The number of benzene rings is 1. The molecule has 0 N–H and O–H groups in total. The number of hydrogen-bond donors (Lipinski definition) is 0. The monoisotopic (exact) mass is 386 g/mol. The first kappa shape index (κ1) is 19.9. The number of likely N-dealkylation sites (tertiary alicyclic amines) is 1. The molecule has 1 aliphatic rings. The maximum atomic E-state index is 12.6. The molecular weight excluding hydrogens is 360 g/mol. The van der Waals surface area contributed by atoms with Crippen molar-refractivity contribution in [3.05, 3.63) is 41.5 Å². The molecule has 2 amide bonds. The average Bonchev–Trinajstić information content (AvgIpc) is 3.32. The maximum Gasteiger partial charge on any atom is 0.227 e. The van der Waals surface area contributed by atoms with E-state index in [9.17, 15) is 9.59 Å². The lowest BCUT2D eigenvalue weighted by molar-refractivity contribution is -0.133. The van der Waals surface area contributed by atoms with Gasteiger partial charge in [0.25, 0.3) is 0 Å². The van der Waals surface area contributed by atoms with Crippen LogP contribution < -0.4 is 4.74 Å². The summed E-state index contributed by atoms with van der Waals surface area (Å²) in [4.78, 5) is 32.6. The third-order valence-corrected chi connectivity index (χ3v) is 5.02. The van der Waals surface area contributed by atoms with E-state index in [1.54, 1.807) is 21.0 Å². The molecule has 0 saturated carbocycles. The fraction of sp³-hybridized carbons (Fsp3) is 0.500. The Morgan fingerprint density at radius 1 is 1.32 bits per heavy atom. The molecule has 0 aliphatic carbocycles. The molecule has 0 spiro atoms. The Kier molecular flexibility index (Phi) is 6.28. The molecule has 150 valence electrons. The van der Waals surface area contributed by atoms with E-state index in [1.165, 1.54) is 0 Å². The summed E-state index contributed by atoms with van der Waals surface area (Å²) in [5, 5.41) is 3.88. The third-order valence-electron chi connectivity index (χ3n) is 5.02. The van der Waals surface area contributed by atoms with Gasteiger partial charge in [-0.1, -0.05) is 17.3 Å². The summed E-state index contributed by atoms with van der Waals surface area (Å²) >= 11 is 0. The number of rotatable bonds is 7. The van der Waals surface area contributed by atoms with Gasteiger partial charge in [0.2, 0.25) is 17.7 Å². The molecule has 1 fully saturated rings. The minimum Gasteiger partial charge on any atom is -0.497 e. The summed E-state index contributed by atoms with van der Waals surface area (Å²) in [7, 11) is 1.62. The predicted octanol–water partition coefficient (Wildman–Crippen LogP) is 1.62. The Labute approximate surface area is 164 Å². The first-order chi connectivity index (χ1) is 13.5. The molecule has 1 unspecified atom stereocenters. The Balaban J connectivity index is 1.55. The number of hydrogen-bond acceptors (Lipinski definition) is 6. The number of carbonyl (C=O) groups excluding carboxylic acids is 2. The van der Waals surface area contributed by atoms with Crippen LogP contribution in [0.3, 0.4) is 0 Å². The van der Waals surface area contributed by atoms with Gasteiger partial charge in [-0.3, -0.25) is 9.59 Å². The van der Waals surface area contributed by atoms with Crippen molar-refractivity contribution in [2.45, 2.75) is 39.2 Å². The van der Waals surface area contributed by atoms with Crippen molar-refractivity contribution in [3.63, 3.8) is 0 Å². The van der Waals surface area contributed by atoms with Crippen LogP contribution in [-0.2, 0) is 22.4 Å². The summed E-state index contributed by atoms with van der Waals surface area (Å²) in [6.07, 6.45) is 1.66. The van der Waals surface area contributed by atoms with Crippen LogP contribution in [0.5, 0.6) is 5.75 Å². The SMILES string of the molecule is COc1ccc(CC(=O)N2CCC(N(CCc3noc(C)n3)C(C)=O)C2)cc1. The quantitative estimate of drug-likeness (QED) is 0.718.